The Kier molecular flexibility index (Phi) is 3.59. The summed E-state index contributed by atoms with van der Waals surface area (Å²) in [6.07, 6.45) is 1.56. The van der Waals surface area contributed by atoms with E-state index in [0.717, 1.165) is 0 Å². The minimum atomic E-state index is -0.434. The standard InChI is InChI=1S/C11H16N6O3/c1-6(8-13-14-11(19)17(8)3)12-9(18)7-5-16(2)15-10(7)20-4/h5-6H,1-4H3,(H,12,18)(H,14,19). The summed E-state index contributed by atoms with van der Waals surface area (Å²) in [5.74, 6) is 0.331. The highest BCUT2D eigenvalue weighted by Crippen LogP contribution is 2.16. The molecular formula is C11H16N6O3. The van der Waals surface area contributed by atoms with Gasteiger partial charge in [0.15, 0.2) is 5.82 Å². The van der Waals surface area contributed by atoms with Gasteiger partial charge in [0.2, 0.25) is 5.88 Å². The topological polar surface area (TPSA) is 107 Å². The van der Waals surface area contributed by atoms with E-state index in [2.05, 4.69) is 20.6 Å². The molecule has 108 valence electrons. The van der Waals surface area contributed by atoms with Gasteiger partial charge in [-0.05, 0) is 6.92 Å². The predicted octanol–water partition coefficient (Wildman–Crippen LogP) is -0.658. The van der Waals surface area contributed by atoms with Gasteiger partial charge in [-0.1, -0.05) is 0 Å². The normalized spacial score (nSPS) is 12.2. The van der Waals surface area contributed by atoms with E-state index in [4.69, 9.17) is 4.74 Å². The lowest BCUT2D eigenvalue weighted by Gasteiger charge is -2.12. The highest BCUT2D eigenvalue weighted by Gasteiger charge is 2.21. The van der Waals surface area contributed by atoms with Gasteiger partial charge in [-0.2, -0.15) is 5.10 Å². The fraction of sp³-hybridized carbons (Fsp3) is 0.455. The zero-order valence-corrected chi connectivity index (χ0v) is 11.7. The van der Waals surface area contributed by atoms with Gasteiger partial charge in [0.05, 0.1) is 13.2 Å². The van der Waals surface area contributed by atoms with Gasteiger partial charge in [0.1, 0.15) is 5.56 Å². The number of H-pyrrole nitrogens is 1. The van der Waals surface area contributed by atoms with E-state index in [9.17, 15) is 9.59 Å². The number of nitrogens with one attached hydrogen (secondary N) is 2. The van der Waals surface area contributed by atoms with E-state index >= 15 is 0 Å². The molecule has 2 aromatic rings. The lowest BCUT2D eigenvalue weighted by atomic mass is 10.2. The third kappa shape index (κ3) is 2.42. The highest BCUT2D eigenvalue weighted by atomic mass is 16.5. The third-order valence-electron chi connectivity index (χ3n) is 2.88. The average molecular weight is 280 g/mol. The van der Waals surface area contributed by atoms with Gasteiger partial charge >= 0.3 is 5.69 Å². The minimum absolute atomic E-state index is 0.244. The second-order valence-corrected chi connectivity index (χ2v) is 4.37. The number of aromatic amines is 1. The van der Waals surface area contributed by atoms with Crippen LogP contribution in [0.2, 0.25) is 0 Å². The van der Waals surface area contributed by atoms with Crippen LogP contribution in [-0.4, -0.2) is 37.6 Å². The Balaban J connectivity index is 2.19. The first kappa shape index (κ1) is 13.8. The van der Waals surface area contributed by atoms with E-state index in [1.807, 2.05) is 0 Å². The molecule has 0 bridgehead atoms. The van der Waals surface area contributed by atoms with E-state index in [1.54, 1.807) is 27.2 Å². The van der Waals surface area contributed by atoms with Crippen LogP contribution in [0.4, 0.5) is 0 Å². The van der Waals surface area contributed by atoms with Gasteiger partial charge in [-0.25, -0.2) is 9.89 Å². The van der Waals surface area contributed by atoms with Crippen LogP contribution in [0.15, 0.2) is 11.0 Å². The Morgan fingerprint density at radius 2 is 2.20 bits per heavy atom. The van der Waals surface area contributed by atoms with Crippen LogP contribution in [-0.2, 0) is 14.1 Å². The number of carbonyl (C=O) groups is 1. The molecule has 0 fully saturated rings. The molecule has 0 saturated heterocycles. The van der Waals surface area contributed by atoms with Crippen molar-refractivity contribution in [2.45, 2.75) is 13.0 Å². The van der Waals surface area contributed by atoms with E-state index in [-0.39, 0.29) is 17.5 Å². The smallest absolute Gasteiger partial charge is 0.343 e. The second kappa shape index (κ2) is 5.19. The maximum absolute atomic E-state index is 12.2. The van der Waals surface area contributed by atoms with Crippen LogP contribution in [0.3, 0.4) is 0 Å². The number of hydrogen-bond acceptors (Lipinski definition) is 5. The first-order chi connectivity index (χ1) is 9.43. The Morgan fingerprint density at radius 3 is 2.75 bits per heavy atom. The van der Waals surface area contributed by atoms with E-state index in [0.29, 0.717) is 11.4 Å². The number of aryl methyl sites for hydroxylation is 1. The number of aromatic nitrogens is 5. The molecular weight excluding hydrogens is 264 g/mol. The van der Waals surface area contributed by atoms with Crippen molar-refractivity contribution in [3.05, 3.63) is 28.1 Å². The molecule has 2 aromatic heterocycles. The van der Waals surface area contributed by atoms with Crippen molar-refractivity contribution >= 4 is 5.91 Å². The fourth-order valence-corrected chi connectivity index (χ4v) is 1.86. The highest BCUT2D eigenvalue weighted by molar-refractivity contribution is 5.96. The molecule has 0 spiro atoms. The SMILES string of the molecule is COc1nn(C)cc1C(=O)NC(C)c1n[nH]c(=O)n1C. The minimum Gasteiger partial charge on any atom is -0.479 e. The second-order valence-electron chi connectivity index (χ2n) is 4.37. The molecule has 0 aromatic carbocycles. The zero-order chi connectivity index (χ0) is 14.9. The van der Waals surface area contributed by atoms with Gasteiger partial charge in [0, 0.05) is 20.3 Å². The van der Waals surface area contributed by atoms with E-state index < -0.39 is 6.04 Å². The summed E-state index contributed by atoms with van der Waals surface area (Å²) in [5, 5.41) is 12.9. The molecule has 20 heavy (non-hydrogen) atoms. The molecule has 1 atom stereocenters. The Labute approximate surface area is 114 Å². The molecule has 9 heteroatoms. The molecule has 2 rings (SSSR count). The van der Waals surface area contributed by atoms with Crippen molar-refractivity contribution in [2.75, 3.05) is 7.11 Å². The molecule has 0 radical (unpaired) electrons. The van der Waals surface area contributed by atoms with Crippen molar-refractivity contribution in [1.82, 2.24) is 29.9 Å². The van der Waals surface area contributed by atoms with Gasteiger partial charge in [-0.15, -0.1) is 5.10 Å². The fourth-order valence-electron chi connectivity index (χ4n) is 1.86. The molecule has 0 saturated carbocycles. The maximum Gasteiger partial charge on any atom is 0.343 e. The lowest BCUT2D eigenvalue weighted by molar-refractivity contribution is 0.0934. The molecule has 9 nitrogen and oxygen atoms in total. The van der Waals surface area contributed by atoms with Crippen molar-refractivity contribution in [1.29, 1.82) is 0 Å². The number of amides is 1. The number of nitrogens with zero attached hydrogens (tertiary/aromatic N) is 4. The van der Waals surface area contributed by atoms with Crippen LogP contribution >= 0.6 is 0 Å². The van der Waals surface area contributed by atoms with Crippen LogP contribution in [0.1, 0.15) is 29.1 Å². The summed E-state index contributed by atoms with van der Waals surface area (Å²) in [6.45, 7) is 1.73. The summed E-state index contributed by atoms with van der Waals surface area (Å²) in [4.78, 5) is 23.5. The van der Waals surface area contributed by atoms with Gasteiger partial charge in [-0.3, -0.25) is 14.0 Å². The van der Waals surface area contributed by atoms with Crippen LogP contribution < -0.4 is 15.7 Å². The summed E-state index contributed by atoms with van der Waals surface area (Å²) in [7, 11) is 4.72. The number of ether oxygens (including phenoxy) is 1. The number of rotatable bonds is 4. The van der Waals surface area contributed by atoms with Gasteiger partial charge in [0.25, 0.3) is 5.91 Å². The zero-order valence-electron chi connectivity index (χ0n) is 11.7. The van der Waals surface area contributed by atoms with E-state index in [1.165, 1.54) is 16.4 Å². The van der Waals surface area contributed by atoms with Crippen LogP contribution in [0.25, 0.3) is 0 Å². The first-order valence-corrected chi connectivity index (χ1v) is 5.93. The summed E-state index contributed by atoms with van der Waals surface area (Å²) in [5.41, 5.74) is -0.0116. The Hall–Kier alpha value is -2.58. The molecule has 0 aliphatic carbocycles. The average Bonchev–Trinajstić information content (AvgIpc) is 2.94. The quantitative estimate of drug-likeness (QED) is 0.773. The third-order valence-corrected chi connectivity index (χ3v) is 2.88. The number of carbonyl (C=O) groups excluding carboxylic acids is 1. The number of hydrogen-bond donors (Lipinski definition) is 2. The molecule has 1 amide bonds. The van der Waals surface area contributed by atoms with Crippen molar-refractivity contribution in [3.8, 4) is 5.88 Å². The maximum atomic E-state index is 12.2. The van der Waals surface area contributed by atoms with Gasteiger partial charge < -0.3 is 10.1 Å². The summed E-state index contributed by atoms with van der Waals surface area (Å²) >= 11 is 0. The molecule has 2 heterocycles. The van der Waals surface area contributed by atoms with Crippen molar-refractivity contribution < 1.29 is 9.53 Å². The largest absolute Gasteiger partial charge is 0.479 e. The van der Waals surface area contributed by atoms with Crippen molar-refractivity contribution in [3.63, 3.8) is 0 Å². The van der Waals surface area contributed by atoms with Crippen LogP contribution in [0.5, 0.6) is 5.88 Å². The Bertz CT molecular complexity index is 683. The molecule has 0 aliphatic heterocycles. The summed E-state index contributed by atoms with van der Waals surface area (Å²) < 4.78 is 7.86. The molecule has 1 unspecified atom stereocenters. The molecule has 2 N–H and O–H groups in total. The Morgan fingerprint density at radius 1 is 1.50 bits per heavy atom. The number of methoxy groups -OCH3 is 1. The van der Waals surface area contributed by atoms with Crippen molar-refractivity contribution in [2.24, 2.45) is 14.1 Å². The lowest BCUT2D eigenvalue weighted by Crippen LogP contribution is -2.29. The molecule has 0 aliphatic rings. The monoisotopic (exact) mass is 280 g/mol. The predicted molar refractivity (Wildman–Crippen MR) is 69.5 cm³/mol. The first-order valence-electron chi connectivity index (χ1n) is 5.93. The summed E-state index contributed by atoms with van der Waals surface area (Å²) in [6, 6.07) is -0.434. The van der Waals surface area contributed by atoms with Crippen LogP contribution in [0, 0.1) is 0 Å².